The van der Waals surface area contributed by atoms with E-state index in [1.54, 1.807) is 11.5 Å². The highest BCUT2D eigenvalue weighted by Gasteiger charge is 2.30. The number of amides is 1. The molecular formula is C25H32ClF2N7O2. The summed E-state index contributed by atoms with van der Waals surface area (Å²) in [6.07, 6.45) is 5.04. The second kappa shape index (κ2) is 11.6. The molecule has 37 heavy (non-hydrogen) atoms. The van der Waals surface area contributed by atoms with Crippen molar-refractivity contribution in [3.8, 4) is 0 Å². The zero-order valence-corrected chi connectivity index (χ0v) is 21.4. The van der Waals surface area contributed by atoms with Crippen LogP contribution in [0.15, 0.2) is 22.1 Å². The smallest absolute Gasteiger partial charge is 0.224 e. The number of anilines is 2. The van der Waals surface area contributed by atoms with Crippen LogP contribution in [-0.4, -0.2) is 45.4 Å². The molecule has 2 aliphatic rings. The number of nitrogens with one attached hydrogen (secondary N) is 2. The summed E-state index contributed by atoms with van der Waals surface area (Å²) in [5.41, 5.74) is 5.60. The Morgan fingerprint density at radius 1 is 1.24 bits per heavy atom. The summed E-state index contributed by atoms with van der Waals surface area (Å²) in [7, 11) is 0. The minimum atomic E-state index is -0.928. The number of carbonyl (C=O) groups is 1. The number of nitrogens with zero attached hydrogens (tertiary/aromatic N) is 4. The first-order valence-electron chi connectivity index (χ1n) is 12.5. The van der Waals surface area contributed by atoms with Crippen LogP contribution in [0.5, 0.6) is 0 Å². The second-order valence-electron chi connectivity index (χ2n) is 9.72. The predicted molar refractivity (Wildman–Crippen MR) is 140 cm³/mol. The summed E-state index contributed by atoms with van der Waals surface area (Å²) in [5, 5.41) is 15.8. The lowest BCUT2D eigenvalue weighted by atomic mass is 9.85. The van der Waals surface area contributed by atoms with Gasteiger partial charge in [0.05, 0.1) is 16.8 Å². The number of nitrogens with two attached hydrogens (primary N) is 1. The van der Waals surface area contributed by atoms with Crippen molar-refractivity contribution in [1.82, 2.24) is 14.9 Å². The molecule has 0 unspecified atom stereocenters. The van der Waals surface area contributed by atoms with Crippen molar-refractivity contribution in [1.29, 1.82) is 0 Å². The molecule has 9 nitrogen and oxygen atoms in total. The standard InChI is InChI=1S/C25H32ClF2N7O2/c1-13-23(34-24(30-2)32-15-4-3-5-17(36)12-15)35(16-8-6-14(7-9-16)22(29)37)25(31-13)33-21-19(27)11-10-18(26)20(21)28/h10-11,14-17,36H,2-9,12H2,1H3,(H2,29,37)(H,31,33)(H,32,34)/t14-,15-,16+,17+/m0/s1. The van der Waals surface area contributed by atoms with E-state index in [4.69, 9.17) is 22.3 Å². The molecule has 2 saturated carbocycles. The molecule has 2 atom stereocenters. The first-order valence-corrected chi connectivity index (χ1v) is 12.8. The topological polar surface area (TPSA) is 130 Å². The number of hydrogen-bond acceptors (Lipinski definition) is 5. The fraction of sp³-hybridized carbons (Fsp3) is 0.520. The Kier molecular flexibility index (Phi) is 8.43. The Bertz CT molecular complexity index is 1190. The molecule has 12 heteroatoms. The Morgan fingerprint density at radius 2 is 1.97 bits per heavy atom. The molecule has 200 valence electrons. The van der Waals surface area contributed by atoms with Crippen LogP contribution in [-0.2, 0) is 4.79 Å². The molecule has 2 aliphatic carbocycles. The van der Waals surface area contributed by atoms with E-state index in [0.29, 0.717) is 43.6 Å². The van der Waals surface area contributed by atoms with Gasteiger partial charge in [0.1, 0.15) is 11.5 Å². The molecule has 0 bridgehead atoms. The summed E-state index contributed by atoms with van der Waals surface area (Å²) in [6, 6.07) is 2.05. The van der Waals surface area contributed by atoms with E-state index < -0.39 is 17.3 Å². The lowest BCUT2D eigenvalue weighted by Crippen LogP contribution is -2.39. The van der Waals surface area contributed by atoms with Gasteiger partial charge in [-0.2, -0.15) is 4.99 Å². The Labute approximate surface area is 219 Å². The van der Waals surface area contributed by atoms with E-state index in [1.807, 2.05) is 0 Å². The molecule has 1 amide bonds. The summed E-state index contributed by atoms with van der Waals surface area (Å²) >= 11 is 5.89. The van der Waals surface area contributed by atoms with Gasteiger partial charge < -0.3 is 21.5 Å². The van der Waals surface area contributed by atoms with Gasteiger partial charge in [-0.3, -0.25) is 9.36 Å². The van der Waals surface area contributed by atoms with Crippen LogP contribution in [0.1, 0.15) is 63.1 Å². The van der Waals surface area contributed by atoms with Gasteiger partial charge in [-0.15, -0.1) is 0 Å². The maximum Gasteiger partial charge on any atom is 0.224 e. The number of guanidine groups is 1. The van der Waals surface area contributed by atoms with E-state index in [2.05, 4.69) is 27.3 Å². The zero-order chi connectivity index (χ0) is 26.7. The van der Waals surface area contributed by atoms with Crippen LogP contribution in [0.2, 0.25) is 5.02 Å². The van der Waals surface area contributed by atoms with Crippen molar-refractivity contribution in [3.63, 3.8) is 0 Å². The van der Waals surface area contributed by atoms with E-state index in [0.717, 1.165) is 31.4 Å². The predicted octanol–water partition coefficient (Wildman–Crippen LogP) is 4.66. The van der Waals surface area contributed by atoms with Crippen molar-refractivity contribution in [2.75, 3.05) is 5.32 Å². The minimum absolute atomic E-state index is 0.0112. The van der Waals surface area contributed by atoms with Crippen molar-refractivity contribution >= 4 is 47.6 Å². The van der Waals surface area contributed by atoms with Crippen molar-refractivity contribution in [3.05, 3.63) is 34.5 Å². The van der Waals surface area contributed by atoms with Gasteiger partial charge in [0.2, 0.25) is 17.8 Å². The number of carbonyl (C=O) groups excluding carboxylic acids is 1. The number of primary amides is 1. The SMILES string of the molecule is C=N/C(=N\c1c(C)nc(Nc2c(F)ccc(Cl)c2F)n1[C@H]1CC[C@@H](C(N)=O)CC1)N[C@H]1CCC[C@@H](O)C1. The number of rotatable bonds is 6. The summed E-state index contributed by atoms with van der Waals surface area (Å²) in [4.78, 5) is 25.0. The Hall–Kier alpha value is -3.05. The van der Waals surface area contributed by atoms with Crippen molar-refractivity contribution < 1.29 is 18.7 Å². The number of benzene rings is 1. The van der Waals surface area contributed by atoms with Gasteiger partial charge in [0.15, 0.2) is 11.6 Å². The molecule has 0 aliphatic heterocycles. The van der Waals surface area contributed by atoms with Gasteiger partial charge >= 0.3 is 0 Å². The lowest BCUT2D eigenvalue weighted by molar-refractivity contribution is -0.122. The zero-order valence-electron chi connectivity index (χ0n) is 20.7. The van der Waals surface area contributed by atoms with E-state index in [9.17, 15) is 18.7 Å². The van der Waals surface area contributed by atoms with E-state index in [-0.39, 0.29) is 46.9 Å². The van der Waals surface area contributed by atoms with Crippen LogP contribution in [0.4, 0.5) is 26.2 Å². The molecule has 1 heterocycles. The highest BCUT2D eigenvalue weighted by atomic mass is 35.5. The summed E-state index contributed by atoms with van der Waals surface area (Å²) in [6.45, 7) is 5.38. The highest BCUT2D eigenvalue weighted by molar-refractivity contribution is 6.31. The fourth-order valence-electron chi connectivity index (χ4n) is 5.17. The molecule has 0 spiro atoms. The average Bonchev–Trinajstić information content (AvgIpc) is 3.18. The molecule has 0 radical (unpaired) electrons. The van der Waals surface area contributed by atoms with Crippen molar-refractivity contribution in [2.45, 2.75) is 76.5 Å². The highest BCUT2D eigenvalue weighted by Crippen LogP contribution is 2.40. The van der Waals surface area contributed by atoms with Crippen LogP contribution in [0.25, 0.3) is 0 Å². The quantitative estimate of drug-likeness (QED) is 0.243. The Morgan fingerprint density at radius 3 is 2.62 bits per heavy atom. The first kappa shape index (κ1) is 27.0. The van der Waals surface area contributed by atoms with Gasteiger partial charge in [-0.1, -0.05) is 11.6 Å². The molecule has 2 fully saturated rings. The van der Waals surface area contributed by atoms with Crippen LogP contribution in [0.3, 0.4) is 0 Å². The average molecular weight is 536 g/mol. The number of halogens is 3. The second-order valence-corrected chi connectivity index (χ2v) is 10.1. The third kappa shape index (κ3) is 6.10. The van der Waals surface area contributed by atoms with Crippen molar-refractivity contribution in [2.24, 2.45) is 21.6 Å². The van der Waals surface area contributed by atoms with E-state index in [1.165, 1.54) is 0 Å². The number of aliphatic hydroxyl groups excluding tert-OH is 1. The number of imidazole rings is 1. The fourth-order valence-corrected chi connectivity index (χ4v) is 5.33. The van der Waals surface area contributed by atoms with E-state index >= 15 is 0 Å². The summed E-state index contributed by atoms with van der Waals surface area (Å²) in [5.74, 6) is -1.41. The Balaban J connectivity index is 1.72. The summed E-state index contributed by atoms with van der Waals surface area (Å²) < 4.78 is 31.1. The maximum absolute atomic E-state index is 14.7. The number of aliphatic hydroxyl groups is 1. The lowest BCUT2D eigenvalue weighted by Gasteiger charge is -2.30. The normalized spacial score (nSPS) is 24.5. The molecule has 4 rings (SSSR count). The number of aliphatic imine (C=N–C) groups is 2. The minimum Gasteiger partial charge on any atom is -0.393 e. The maximum atomic E-state index is 14.7. The number of aryl methyl sites for hydroxylation is 1. The van der Waals surface area contributed by atoms with Gasteiger partial charge in [0.25, 0.3) is 0 Å². The first-order chi connectivity index (χ1) is 17.7. The van der Waals surface area contributed by atoms with Crippen LogP contribution < -0.4 is 16.4 Å². The molecule has 2 aromatic rings. The molecule has 1 aromatic carbocycles. The molecular weight excluding hydrogens is 504 g/mol. The van der Waals surface area contributed by atoms with Crippen LogP contribution in [0, 0.1) is 24.5 Å². The number of aromatic nitrogens is 2. The third-order valence-electron chi connectivity index (χ3n) is 7.14. The number of hydrogen-bond donors (Lipinski definition) is 4. The van der Waals surface area contributed by atoms with Crippen LogP contribution >= 0.6 is 11.6 Å². The molecule has 1 aromatic heterocycles. The largest absolute Gasteiger partial charge is 0.393 e. The van der Waals surface area contributed by atoms with Gasteiger partial charge in [-0.05, 0) is 77.1 Å². The molecule has 5 N–H and O–H groups in total. The monoisotopic (exact) mass is 535 g/mol. The van der Waals surface area contributed by atoms with Gasteiger partial charge in [0, 0.05) is 18.0 Å². The van der Waals surface area contributed by atoms with Gasteiger partial charge in [-0.25, -0.2) is 18.8 Å². The molecule has 0 saturated heterocycles. The third-order valence-corrected chi connectivity index (χ3v) is 7.43.